The van der Waals surface area contributed by atoms with E-state index in [1.54, 1.807) is 0 Å². The van der Waals surface area contributed by atoms with E-state index in [1.165, 1.54) is 22.3 Å². The van der Waals surface area contributed by atoms with Crippen LogP contribution in [-0.4, -0.2) is 43.5 Å². The molecule has 0 bridgehead atoms. The van der Waals surface area contributed by atoms with Crippen molar-refractivity contribution in [3.05, 3.63) is 178 Å². The van der Waals surface area contributed by atoms with Crippen LogP contribution in [0.5, 0.6) is 23.0 Å². The summed E-state index contributed by atoms with van der Waals surface area (Å²) in [4.78, 5) is 0. The van der Waals surface area contributed by atoms with Crippen molar-refractivity contribution in [1.29, 1.82) is 0 Å². The fraction of sp³-hybridized carbons (Fsp3) is 0.500. The molecule has 0 atom stereocenters. The van der Waals surface area contributed by atoms with Gasteiger partial charge in [0.15, 0.2) is 0 Å². The summed E-state index contributed by atoms with van der Waals surface area (Å²) < 4.78 is 20.7. The number of fused-ring (bicyclic) bond motifs is 6. The van der Waals surface area contributed by atoms with Crippen molar-refractivity contribution in [2.75, 3.05) is 10.9 Å². The molecule has 0 aliphatic rings. The molecule has 0 aliphatic carbocycles. The van der Waals surface area contributed by atoms with Gasteiger partial charge in [-0.15, -0.1) is 0 Å². The van der Waals surface area contributed by atoms with Crippen molar-refractivity contribution in [2.24, 2.45) is 10.8 Å². The second kappa shape index (κ2) is 26.9. The first-order chi connectivity index (χ1) is 47.0. The molecule has 0 spiro atoms. The van der Waals surface area contributed by atoms with E-state index >= 15 is 0 Å². The van der Waals surface area contributed by atoms with Crippen LogP contribution in [0, 0.1) is 10.8 Å². The Balaban J connectivity index is 1.18. The van der Waals surface area contributed by atoms with Crippen LogP contribution in [0.4, 0.5) is 0 Å². The fourth-order valence-electron chi connectivity index (χ4n) is 16.5. The van der Waals surface area contributed by atoms with Gasteiger partial charge in [0.25, 0.3) is 0 Å². The van der Waals surface area contributed by atoms with Crippen LogP contribution in [0.15, 0.2) is 133 Å². The standard InChI is InChI=1S/C96H130GeN2O4/c1-59(2)97(60(3)4,57-102-83-43-37-61(89(11,12)13)45-73(83)75-47-67(95(29,30)55-87(5,6)7)53-81(85(75)100)98-77-49-63(91(17,18)19)33-39-69(77)70-40-34-64(50-78(70)98)92(20,21)22)58-103-84-44-38-62(90(14,15)16)46-74(84)76-48-68(96(31,32)56-88(8,9)10)54-82(86(76)101)99-79-51-65(93(23,24)25)35-41-71(79)72-42-36-66(52-80(72)99)94(26,27)28/h33-54,59-60,100-101H,55-58H2,1-32H3. The van der Waals surface area contributed by atoms with E-state index in [0.717, 1.165) is 124 Å². The number of nitrogens with zero attached hydrogens (tertiary/aromatic N) is 2. The first-order valence-electron chi connectivity index (χ1n) is 38.5. The normalized spacial score (nSPS) is 13.8. The van der Waals surface area contributed by atoms with E-state index in [1.807, 2.05) is 0 Å². The topological polar surface area (TPSA) is 68.8 Å². The molecule has 2 heterocycles. The molecule has 0 saturated heterocycles. The number of phenolic OH excluding ortho intramolecular Hbond substituents is 2. The van der Waals surface area contributed by atoms with Crippen LogP contribution < -0.4 is 9.47 Å². The zero-order valence-corrected chi connectivity index (χ0v) is 71.9. The minimum atomic E-state index is -3.48. The molecular weight excluding hydrogens is 1320 g/mol. The quantitative estimate of drug-likeness (QED) is 0.0946. The molecule has 2 N–H and O–H groups in total. The summed E-state index contributed by atoms with van der Waals surface area (Å²) in [6.45, 7) is 74.1. The predicted molar refractivity (Wildman–Crippen MR) is 449 cm³/mol. The van der Waals surface area contributed by atoms with Gasteiger partial charge in [-0.05, 0) is 0 Å². The van der Waals surface area contributed by atoms with Gasteiger partial charge in [-0.25, -0.2) is 0 Å². The van der Waals surface area contributed by atoms with Crippen molar-refractivity contribution in [3.8, 4) is 56.6 Å². The third-order valence-corrected chi connectivity index (χ3v) is 35.2. The molecule has 0 amide bonds. The van der Waals surface area contributed by atoms with Crippen molar-refractivity contribution in [2.45, 2.75) is 287 Å². The maximum atomic E-state index is 13.8. The maximum absolute atomic E-state index is 13.8. The number of phenols is 2. The first-order valence-corrected chi connectivity index (χ1v) is 43.9. The molecule has 10 aromatic rings. The second-order valence-electron chi connectivity index (χ2n) is 41.7. The second-order valence-corrected chi connectivity index (χ2v) is 52.9. The number of hydrogen-bond acceptors (Lipinski definition) is 4. The van der Waals surface area contributed by atoms with E-state index in [0.29, 0.717) is 10.9 Å². The summed E-state index contributed by atoms with van der Waals surface area (Å²) in [7, 11) is 0. The Kier molecular flexibility index (Phi) is 20.5. The Morgan fingerprint density at radius 1 is 0.301 bits per heavy atom. The first kappa shape index (κ1) is 78.7. The Labute approximate surface area is 625 Å². The van der Waals surface area contributed by atoms with Crippen molar-refractivity contribution in [3.63, 3.8) is 0 Å². The van der Waals surface area contributed by atoms with Gasteiger partial charge < -0.3 is 0 Å². The predicted octanol–water partition coefficient (Wildman–Crippen LogP) is 27.6. The Hall–Kier alpha value is -6.90. The van der Waals surface area contributed by atoms with Gasteiger partial charge in [-0.1, -0.05) is 83.1 Å². The molecule has 8 aromatic carbocycles. The third kappa shape index (κ3) is 16.0. The van der Waals surface area contributed by atoms with Gasteiger partial charge in [0, 0.05) is 0 Å². The molecule has 0 unspecified atom stereocenters. The zero-order valence-electron chi connectivity index (χ0n) is 69.8. The van der Waals surface area contributed by atoms with Crippen LogP contribution in [0.25, 0.3) is 77.2 Å². The molecular formula is C96H130GeN2O4. The van der Waals surface area contributed by atoms with Gasteiger partial charge in [-0.2, -0.15) is 0 Å². The number of aromatic hydroxyl groups is 2. The summed E-state index contributed by atoms with van der Waals surface area (Å²) in [6, 6.07) is 50.4. The number of aromatic nitrogens is 2. The van der Waals surface area contributed by atoms with Crippen LogP contribution in [0.3, 0.4) is 0 Å². The van der Waals surface area contributed by atoms with Crippen LogP contribution in [-0.2, 0) is 43.3 Å². The summed E-state index contributed by atoms with van der Waals surface area (Å²) in [5.41, 5.74) is 18.2. The summed E-state index contributed by atoms with van der Waals surface area (Å²) in [5, 5.41) is 32.3. The number of benzene rings is 8. The molecule has 0 aliphatic heterocycles. The molecule has 0 saturated carbocycles. The van der Waals surface area contributed by atoms with Gasteiger partial charge in [-0.3, -0.25) is 0 Å². The Morgan fingerprint density at radius 3 is 0.767 bits per heavy atom. The number of ether oxygens (including phenoxy) is 2. The molecule has 0 radical (unpaired) electrons. The summed E-state index contributed by atoms with van der Waals surface area (Å²) >= 11 is -3.48. The molecule has 6 nitrogen and oxygen atoms in total. The average Bonchev–Trinajstić information content (AvgIpc) is 1.62. The Bertz CT molecular complexity index is 4400. The van der Waals surface area contributed by atoms with E-state index in [2.05, 4.69) is 364 Å². The molecule has 10 rings (SSSR count). The van der Waals surface area contributed by atoms with Gasteiger partial charge in [0.05, 0.1) is 0 Å². The van der Waals surface area contributed by atoms with Gasteiger partial charge in [0.1, 0.15) is 0 Å². The number of hydrogen-bond donors (Lipinski definition) is 2. The van der Waals surface area contributed by atoms with Crippen molar-refractivity contribution in [1.82, 2.24) is 9.13 Å². The fourth-order valence-corrected chi connectivity index (χ4v) is 24.1. The van der Waals surface area contributed by atoms with Crippen molar-refractivity contribution >= 4 is 56.9 Å². The molecule has 2 aromatic heterocycles. The summed E-state index contributed by atoms with van der Waals surface area (Å²) in [6.07, 6.45) is 1.84. The summed E-state index contributed by atoms with van der Waals surface area (Å²) in [5.74, 6) is 1.95. The minimum absolute atomic E-state index is 0.0102. The molecule has 0 fully saturated rings. The van der Waals surface area contributed by atoms with Crippen LogP contribution in [0.2, 0.25) is 9.50 Å². The van der Waals surface area contributed by atoms with Gasteiger partial charge in [0.2, 0.25) is 0 Å². The zero-order chi connectivity index (χ0) is 76.6. The SMILES string of the molecule is C[CH](C)[Ge]([CH2]Oc1ccc(C(C)(C)C)cc1-c1cc(C(C)(C)CC(C)(C)C)cc(-n2c3cc(C(C)(C)C)ccc3c3ccc(C(C)(C)C)cc32)c1O)([CH2]Oc1ccc(C(C)(C)C)cc1-c1cc(C(C)(C)CC(C)(C)C)cc(-n2c3cc(C(C)(C)C)ccc3c3ccc(C(C)(C)C)cc32)c1O)[CH](C)C. The third-order valence-electron chi connectivity index (χ3n) is 22.7. The van der Waals surface area contributed by atoms with E-state index in [9.17, 15) is 10.2 Å². The van der Waals surface area contributed by atoms with Crippen LogP contribution >= 0.6 is 0 Å². The monoisotopic (exact) mass is 1450 g/mol. The van der Waals surface area contributed by atoms with Crippen LogP contribution in [0.1, 0.15) is 279 Å². The van der Waals surface area contributed by atoms with Gasteiger partial charge >= 0.3 is 546 Å². The molecule has 103 heavy (non-hydrogen) atoms. The molecule has 552 valence electrons. The van der Waals surface area contributed by atoms with E-state index in [4.69, 9.17) is 9.47 Å². The number of rotatable bonds is 16. The van der Waals surface area contributed by atoms with Crippen molar-refractivity contribution < 1.29 is 19.7 Å². The average molecular weight is 1450 g/mol. The van der Waals surface area contributed by atoms with E-state index in [-0.39, 0.29) is 75.1 Å². The Morgan fingerprint density at radius 2 is 0.534 bits per heavy atom. The molecule has 7 heteroatoms. The van der Waals surface area contributed by atoms with E-state index < -0.39 is 13.3 Å².